The molecule has 25 heavy (non-hydrogen) atoms. The van der Waals surface area contributed by atoms with E-state index < -0.39 is 26.1 Å². The SMILES string of the molecule is COc1cc(NNc2cc([N+](=O)[O-])cc([N+](=O)[O-])c2)cc([N+](=O)[O-])c1. The van der Waals surface area contributed by atoms with Gasteiger partial charge in [0.2, 0.25) is 0 Å². The van der Waals surface area contributed by atoms with Crippen LogP contribution in [0, 0.1) is 30.3 Å². The molecule has 2 N–H and O–H groups in total. The van der Waals surface area contributed by atoms with Crippen LogP contribution >= 0.6 is 0 Å². The maximum Gasteiger partial charge on any atom is 0.278 e. The molecule has 12 heteroatoms. The predicted octanol–water partition coefficient (Wildman–Crippen LogP) is 2.86. The van der Waals surface area contributed by atoms with Gasteiger partial charge in [0, 0.05) is 24.3 Å². The van der Waals surface area contributed by atoms with Crippen LogP contribution in [0.1, 0.15) is 0 Å². The second-order valence-corrected chi connectivity index (χ2v) is 4.68. The summed E-state index contributed by atoms with van der Waals surface area (Å²) < 4.78 is 4.95. The van der Waals surface area contributed by atoms with Crippen LogP contribution in [0.2, 0.25) is 0 Å². The number of hydrogen-bond donors (Lipinski definition) is 2. The number of benzene rings is 2. The lowest BCUT2D eigenvalue weighted by Crippen LogP contribution is -2.09. The number of nitrogens with one attached hydrogen (secondary N) is 2. The molecule has 0 bridgehead atoms. The van der Waals surface area contributed by atoms with Gasteiger partial charge in [-0.05, 0) is 0 Å². The molecule has 0 radical (unpaired) electrons. The number of nitro benzene ring substituents is 3. The van der Waals surface area contributed by atoms with Crippen molar-refractivity contribution < 1.29 is 19.5 Å². The topological polar surface area (TPSA) is 163 Å². The predicted molar refractivity (Wildman–Crippen MR) is 86.6 cm³/mol. The Hall–Kier alpha value is -3.96. The Morgan fingerprint density at radius 2 is 1.12 bits per heavy atom. The number of hydrazine groups is 1. The van der Waals surface area contributed by atoms with Gasteiger partial charge in [-0.25, -0.2) is 0 Å². The van der Waals surface area contributed by atoms with Crippen molar-refractivity contribution in [3.05, 3.63) is 66.7 Å². The standard InChI is InChI=1S/C13H11N5O7/c1-25-13-5-9(4-12(7-13)18(23)24)15-14-8-2-10(16(19)20)6-11(3-8)17(21)22/h2-7,14-15H,1H3. The molecule has 2 rings (SSSR count). The van der Waals surface area contributed by atoms with E-state index >= 15 is 0 Å². The van der Waals surface area contributed by atoms with Crippen molar-refractivity contribution in [1.82, 2.24) is 0 Å². The number of rotatable bonds is 7. The highest BCUT2D eigenvalue weighted by molar-refractivity contribution is 5.63. The monoisotopic (exact) mass is 349 g/mol. The van der Waals surface area contributed by atoms with Gasteiger partial charge in [-0.3, -0.25) is 30.3 Å². The van der Waals surface area contributed by atoms with Gasteiger partial charge in [0.1, 0.15) is 5.75 Å². The number of ether oxygens (including phenoxy) is 1. The van der Waals surface area contributed by atoms with E-state index in [4.69, 9.17) is 4.74 Å². The average Bonchev–Trinajstić information content (AvgIpc) is 2.59. The van der Waals surface area contributed by atoms with Crippen LogP contribution in [0.5, 0.6) is 5.75 Å². The summed E-state index contributed by atoms with van der Waals surface area (Å²) in [6, 6.07) is 6.82. The van der Waals surface area contributed by atoms with E-state index in [1.807, 2.05) is 0 Å². The summed E-state index contributed by atoms with van der Waals surface area (Å²) in [6.07, 6.45) is 0. The van der Waals surface area contributed by atoms with E-state index in [0.717, 1.165) is 18.2 Å². The van der Waals surface area contributed by atoms with E-state index in [1.54, 1.807) is 0 Å². The van der Waals surface area contributed by atoms with Gasteiger partial charge in [-0.15, -0.1) is 0 Å². The minimum absolute atomic E-state index is 0.0337. The second-order valence-electron chi connectivity index (χ2n) is 4.68. The van der Waals surface area contributed by atoms with Crippen molar-refractivity contribution in [2.24, 2.45) is 0 Å². The van der Waals surface area contributed by atoms with Gasteiger partial charge >= 0.3 is 0 Å². The molecule has 0 aliphatic rings. The van der Waals surface area contributed by atoms with Gasteiger partial charge in [-0.1, -0.05) is 0 Å². The largest absolute Gasteiger partial charge is 0.496 e. The van der Waals surface area contributed by atoms with Crippen LogP contribution in [0.25, 0.3) is 0 Å². The van der Waals surface area contributed by atoms with Crippen molar-refractivity contribution in [3.8, 4) is 5.75 Å². The Kier molecular flexibility index (Phi) is 4.92. The summed E-state index contributed by atoms with van der Waals surface area (Å²) in [4.78, 5) is 30.4. The third-order valence-electron chi connectivity index (χ3n) is 3.01. The number of nitro groups is 3. The quantitative estimate of drug-likeness (QED) is 0.565. The molecule has 0 spiro atoms. The molecule has 130 valence electrons. The van der Waals surface area contributed by atoms with Gasteiger partial charge < -0.3 is 15.6 Å². The molecule has 2 aromatic rings. The van der Waals surface area contributed by atoms with Crippen LogP contribution in [0.15, 0.2) is 36.4 Å². The maximum atomic E-state index is 10.9. The molecular weight excluding hydrogens is 338 g/mol. The minimum Gasteiger partial charge on any atom is -0.496 e. The zero-order chi connectivity index (χ0) is 18.6. The number of hydrogen-bond acceptors (Lipinski definition) is 9. The Balaban J connectivity index is 2.29. The fourth-order valence-electron chi connectivity index (χ4n) is 1.90. The van der Waals surface area contributed by atoms with Crippen molar-refractivity contribution in [3.63, 3.8) is 0 Å². The highest BCUT2D eigenvalue weighted by Crippen LogP contribution is 2.28. The van der Waals surface area contributed by atoms with E-state index in [9.17, 15) is 30.3 Å². The van der Waals surface area contributed by atoms with Gasteiger partial charge in [0.25, 0.3) is 17.1 Å². The van der Waals surface area contributed by atoms with Crippen LogP contribution in [0.4, 0.5) is 28.4 Å². The zero-order valence-electron chi connectivity index (χ0n) is 12.7. The zero-order valence-corrected chi connectivity index (χ0v) is 12.7. The van der Waals surface area contributed by atoms with E-state index in [2.05, 4.69) is 10.9 Å². The first-order valence-corrected chi connectivity index (χ1v) is 6.59. The smallest absolute Gasteiger partial charge is 0.278 e. The molecule has 0 unspecified atom stereocenters. The van der Waals surface area contributed by atoms with E-state index in [-0.39, 0.29) is 22.8 Å². The van der Waals surface area contributed by atoms with Gasteiger partial charge in [0.05, 0.1) is 45.4 Å². The van der Waals surface area contributed by atoms with Crippen LogP contribution < -0.4 is 15.6 Å². The van der Waals surface area contributed by atoms with Crippen LogP contribution in [-0.4, -0.2) is 21.9 Å². The molecule has 0 saturated heterocycles. The van der Waals surface area contributed by atoms with Crippen LogP contribution in [-0.2, 0) is 0 Å². The summed E-state index contributed by atoms with van der Waals surface area (Å²) in [5, 5.41) is 32.6. The molecular formula is C13H11N5O7. The molecule has 0 aliphatic heterocycles. The lowest BCUT2D eigenvalue weighted by molar-refractivity contribution is -0.394. The molecule has 0 fully saturated rings. The first-order valence-electron chi connectivity index (χ1n) is 6.59. The maximum absolute atomic E-state index is 10.9. The Labute approximate surface area is 139 Å². The third-order valence-corrected chi connectivity index (χ3v) is 3.01. The summed E-state index contributed by atoms with van der Waals surface area (Å²) in [5.41, 5.74) is 4.18. The molecule has 0 saturated carbocycles. The normalized spacial score (nSPS) is 9.96. The minimum atomic E-state index is -0.769. The molecule has 0 aliphatic carbocycles. The van der Waals surface area contributed by atoms with Crippen molar-refractivity contribution >= 4 is 28.4 Å². The number of methoxy groups -OCH3 is 1. The Bertz CT molecular complexity index is 822. The van der Waals surface area contributed by atoms with E-state index in [0.29, 0.717) is 0 Å². The number of non-ortho nitro benzene ring substituents is 3. The molecule has 2 aromatic carbocycles. The van der Waals surface area contributed by atoms with Crippen molar-refractivity contribution in [2.45, 2.75) is 0 Å². The summed E-state index contributed by atoms with van der Waals surface area (Å²) in [6.45, 7) is 0. The van der Waals surface area contributed by atoms with Crippen LogP contribution in [0.3, 0.4) is 0 Å². The summed E-state index contributed by atoms with van der Waals surface area (Å²) >= 11 is 0. The van der Waals surface area contributed by atoms with E-state index in [1.165, 1.54) is 25.3 Å². The molecule has 12 nitrogen and oxygen atoms in total. The molecule has 0 heterocycles. The fourth-order valence-corrected chi connectivity index (χ4v) is 1.90. The van der Waals surface area contributed by atoms with Crippen molar-refractivity contribution in [2.75, 3.05) is 18.0 Å². The molecule has 0 amide bonds. The lowest BCUT2D eigenvalue weighted by Gasteiger charge is -2.11. The Morgan fingerprint density at radius 1 is 0.720 bits per heavy atom. The molecule has 0 atom stereocenters. The second kappa shape index (κ2) is 7.08. The average molecular weight is 349 g/mol. The fraction of sp³-hybridized carbons (Fsp3) is 0.0769. The Morgan fingerprint density at radius 3 is 1.52 bits per heavy atom. The number of anilines is 2. The van der Waals surface area contributed by atoms with Gasteiger partial charge in [-0.2, -0.15) is 0 Å². The summed E-state index contributed by atoms with van der Waals surface area (Å²) in [5.74, 6) is 0.212. The lowest BCUT2D eigenvalue weighted by atomic mass is 10.2. The highest BCUT2D eigenvalue weighted by atomic mass is 16.6. The first kappa shape index (κ1) is 17.4. The van der Waals surface area contributed by atoms with Gasteiger partial charge in [0.15, 0.2) is 0 Å². The van der Waals surface area contributed by atoms with Crippen molar-refractivity contribution in [1.29, 1.82) is 0 Å². The third kappa shape index (κ3) is 4.28. The highest BCUT2D eigenvalue weighted by Gasteiger charge is 2.17. The number of nitrogens with zero attached hydrogens (tertiary/aromatic N) is 3. The molecule has 0 aromatic heterocycles. The first-order chi connectivity index (χ1) is 11.8. The summed E-state index contributed by atoms with van der Waals surface area (Å²) in [7, 11) is 1.33.